The van der Waals surface area contributed by atoms with Gasteiger partial charge >= 0.3 is 0 Å². The number of benzene rings is 2. The normalized spacial score (nSPS) is 24.9. The first kappa shape index (κ1) is 15.5. The van der Waals surface area contributed by atoms with Crippen molar-refractivity contribution in [2.24, 2.45) is 11.3 Å². The van der Waals surface area contributed by atoms with Gasteiger partial charge in [-0.25, -0.2) is 0 Å². The molecule has 0 spiro atoms. The Labute approximate surface area is 147 Å². The fourth-order valence-electron chi connectivity index (χ4n) is 3.68. The second-order valence-corrected chi connectivity index (χ2v) is 8.46. The van der Waals surface area contributed by atoms with Gasteiger partial charge < -0.3 is 5.32 Å². The SMILES string of the molecule is CC1(C)C=C2Nc3ccccc3S[C@@H](c3ccccc3)[C@@H]2C(=O)C1. The largest absolute Gasteiger partial charge is 0.358 e. The number of thioether (sulfide) groups is 1. The minimum Gasteiger partial charge on any atom is -0.358 e. The smallest absolute Gasteiger partial charge is 0.144 e. The number of Topliss-reactive ketones (excluding diaryl/α,β-unsaturated/α-hetero) is 1. The van der Waals surface area contributed by atoms with Crippen molar-refractivity contribution in [1.82, 2.24) is 0 Å². The van der Waals surface area contributed by atoms with E-state index in [2.05, 4.69) is 67.7 Å². The summed E-state index contributed by atoms with van der Waals surface area (Å²) in [4.78, 5) is 14.2. The third-order valence-electron chi connectivity index (χ3n) is 4.71. The molecule has 0 radical (unpaired) electrons. The lowest BCUT2D eigenvalue weighted by molar-refractivity contribution is -0.123. The van der Waals surface area contributed by atoms with Crippen LogP contribution in [-0.2, 0) is 4.79 Å². The van der Waals surface area contributed by atoms with Crippen molar-refractivity contribution in [1.29, 1.82) is 0 Å². The molecule has 1 N–H and O–H groups in total. The first-order valence-electron chi connectivity index (χ1n) is 8.37. The Hall–Kier alpha value is -2.00. The van der Waals surface area contributed by atoms with E-state index in [1.54, 1.807) is 11.8 Å². The maximum absolute atomic E-state index is 13.0. The first-order chi connectivity index (χ1) is 11.5. The average molecular weight is 335 g/mol. The van der Waals surface area contributed by atoms with Crippen LogP contribution >= 0.6 is 11.8 Å². The van der Waals surface area contributed by atoms with Crippen LogP contribution in [0.15, 0.2) is 71.3 Å². The van der Waals surface area contributed by atoms with Crippen LogP contribution in [0.25, 0.3) is 0 Å². The van der Waals surface area contributed by atoms with Gasteiger partial charge in [0.25, 0.3) is 0 Å². The molecule has 0 unspecified atom stereocenters. The van der Waals surface area contributed by atoms with Crippen molar-refractivity contribution < 1.29 is 4.79 Å². The van der Waals surface area contributed by atoms with E-state index >= 15 is 0 Å². The van der Waals surface area contributed by atoms with Gasteiger partial charge in [-0.05, 0) is 23.1 Å². The van der Waals surface area contributed by atoms with E-state index in [9.17, 15) is 4.79 Å². The first-order valence-corrected chi connectivity index (χ1v) is 9.25. The van der Waals surface area contributed by atoms with E-state index < -0.39 is 0 Å². The van der Waals surface area contributed by atoms with Gasteiger partial charge in [0.1, 0.15) is 5.78 Å². The second kappa shape index (κ2) is 5.82. The summed E-state index contributed by atoms with van der Waals surface area (Å²) in [6.07, 6.45) is 2.86. The predicted molar refractivity (Wildman–Crippen MR) is 100 cm³/mol. The van der Waals surface area contributed by atoms with Crippen LogP contribution in [-0.4, -0.2) is 5.78 Å². The Morgan fingerprint density at radius 1 is 1.04 bits per heavy atom. The van der Waals surface area contributed by atoms with Crippen LogP contribution < -0.4 is 5.32 Å². The number of hydrogen-bond acceptors (Lipinski definition) is 3. The van der Waals surface area contributed by atoms with Gasteiger partial charge in [0.05, 0.1) is 11.6 Å². The molecule has 0 bridgehead atoms. The second-order valence-electron chi connectivity index (χ2n) is 7.28. The molecule has 3 heteroatoms. The molecule has 2 atom stereocenters. The van der Waals surface area contributed by atoms with Crippen molar-refractivity contribution in [2.45, 2.75) is 30.4 Å². The van der Waals surface area contributed by atoms with Gasteiger partial charge in [-0.15, -0.1) is 11.8 Å². The summed E-state index contributed by atoms with van der Waals surface area (Å²) in [6.45, 7) is 4.27. The van der Waals surface area contributed by atoms with Gasteiger partial charge in [-0.3, -0.25) is 4.79 Å². The molecule has 1 aliphatic carbocycles. The number of ketones is 1. The Bertz CT molecular complexity index is 810. The fourth-order valence-corrected chi connectivity index (χ4v) is 5.08. The number of carbonyl (C=O) groups excluding carboxylic acids is 1. The number of hydrogen-bond donors (Lipinski definition) is 1. The van der Waals surface area contributed by atoms with Gasteiger partial charge in [0.2, 0.25) is 0 Å². The zero-order chi connectivity index (χ0) is 16.7. The summed E-state index contributed by atoms with van der Waals surface area (Å²) in [6, 6.07) is 18.7. The predicted octanol–water partition coefficient (Wildman–Crippen LogP) is 5.44. The minimum atomic E-state index is -0.113. The Morgan fingerprint density at radius 2 is 1.75 bits per heavy atom. The summed E-state index contributed by atoms with van der Waals surface area (Å²) in [5.41, 5.74) is 3.27. The molecule has 2 aromatic rings. The maximum atomic E-state index is 13.0. The van der Waals surface area contributed by atoms with E-state index in [0.29, 0.717) is 12.2 Å². The summed E-state index contributed by atoms with van der Waals surface area (Å²) in [5.74, 6) is 0.219. The topological polar surface area (TPSA) is 29.1 Å². The molecule has 2 nitrogen and oxygen atoms in total. The molecule has 0 amide bonds. The van der Waals surface area contributed by atoms with Gasteiger partial charge in [0, 0.05) is 22.3 Å². The number of nitrogens with one attached hydrogen (secondary N) is 1. The molecule has 0 saturated carbocycles. The lowest BCUT2D eigenvalue weighted by Crippen LogP contribution is -2.34. The van der Waals surface area contributed by atoms with Crippen LogP contribution in [0.5, 0.6) is 0 Å². The number of para-hydroxylation sites is 1. The van der Waals surface area contributed by atoms with Crippen molar-refractivity contribution in [3.8, 4) is 0 Å². The van der Waals surface area contributed by atoms with E-state index in [1.165, 1.54) is 10.5 Å². The number of anilines is 1. The minimum absolute atomic E-state index is 0.0961. The van der Waals surface area contributed by atoms with Gasteiger partial charge in [-0.1, -0.05) is 62.4 Å². The van der Waals surface area contributed by atoms with E-state index in [4.69, 9.17) is 0 Å². The van der Waals surface area contributed by atoms with Crippen LogP contribution in [0, 0.1) is 11.3 Å². The summed E-state index contributed by atoms with van der Waals surface area (Å²) in [7, 11) is 0. The molecule has 24 heavy (non-hydrogen) atoms. The standard InChI is InChI=1S/C21H21NOS/c1-21(2)12-16-19(17(23)13-21)20(14-8-4-3-5-9-14)24-18-11-7-6-10-15(18)22-16/h3-12,19-20,22H,13H2,1-2H3/t19-,20-/m0/s1. The van der Waals surface area contributed by atoms with Crippen molar-refractivity contribution in [3.63, 3.8) is 0 Å². The quantitative estimate of drug-likeness (QED) is 0.752. The monoisotopic (exact) mass is 335 g/mol. The van der Waals surface area contributed by atoms with Crippen LogP contribution in [0.4, 0.5) is 5.69 Å². The molecular weight excluding hydrogens is 314 g/mol. The summed E-state index contributed by atoms with van der Waals surface area (Å²) in [5, 5.41) is 3.68. The third kappa shape index (κ3) is 2.78. The van der Waals surface area contributed by atoms with Crippen molar-refractivity contribution >= 4 is 23.2 Å². The molecule has 122 valence electrons. The molecule has 0 aromatic heterocycles. The number of allylic oxidation sites excluding steroid dienone is 2. The number of carbonyl (C=O) groups is 1. The van der Waals surface area contributed by atoms with E-state index in [0.717, 1.165) is 11.4 Å². The molecule has 0 fully saturated rings. The molecule has 1 aliphatic heterocycles. The lowest BCUT2D eigenvalue weighted by atomic mass is 9.74. The van der Waals surface area contributed by atoms with Crippen LogP contribution in [0.1, 0.15) is 31.1 Å². The highest BCUT2D eigenvalue weighted by atomic mass is 32.2. The lowest BCUT2D eigenvalue weighted by Gasteiger charge is -2.35. The molecule has 2 aromatic carbocycles. The van der Waals surface area contributed by atoms with Crippen molar-refractivity contribution in [3.05, 3.63) is 71.9 Å². The van der Waals surface area contributed by atoms with Crippen LogP contribution in [0.2, 0.25) is 0 Å². The number of fused-ring (bicyclic) bond motifs is 2. The molecule has 4 rings (SSSR count). The van der Waals surface area contributed by atoms with Gasteiger partial charge in [0.15, 0.2) is 0 Å². The van der Waals surface area contributed by atoms with E-state index in [-0.39, 0.29) is 16.6 Å². The zero-order valence-corrected chi connectivity index (χ0v) is 14.8. The fraction of sp³-hybridized carbons (Fsp3) is 0.286. The highest BCUT2D eigenvalue weighted by Gasteiger charge is 2.41. The highest BCUT2D eigenvalue weighted by molar-refractivity contribution is 7.99. The molecule has 0 saturated heterocycles. The average Bonchev–Trinajstić information content (AvgIpc) is 2.70. The Balaban J connectivity index is 1.88. The number of rotatable bonds is 1. The van der Waals surface area contributed by atoms with Crippen LogP contribution in [0.3, 0.4) is 0 Å². The molecule has 2 aliphatic rings. The van der Waals surface area contributed by atoms with Gasteiger partial charge in [-0.2, -0.15) is 0 Å². The Morgan fingerprint density at radius 3 is 2.54 bits per heavy atom. The molecular formula is C21H21NOS. The third-order valence-corrected chi connectivity index (χ3v) is 6.12. The van der Waals surface area contributed by atoms with E-state index in [1.807, 2.05) is 12.1 Å². The Kier molecular flexibility index (Phi) is 3.76. The molecule has 1 heterocycles. The zero-order valence-electron chi connectivity index (χ0n) is 14.0. The van der Waals surface area contributed by atoms with Crippen molar-refractivity contribution in [2.75, 3.05) is 5.32 Å². The summed E-state index contributed by atoms with van der Waals surface area (Å²) < 4.78 is 0. The summed E-state index contributed by atoms with van der Waals surface area (Å²) >= 11 is 1.80. The highest BCUT2D eigenvalue weighted by Crippen LogP contribution is 2.52. The maximum Gasteiger partial charge on any atom is 0.144 e.